The van der Waals surface area contributed by atoms with E-state index in [1.54, 1.807) is 6.26 Å². The third-order valence-corrected chi connectivity index (χ3v) is 9.03. The lowest BCUT2D eigenvalue weighted by Crippen LogP contribution is -2.45. The molecule has 41 heavy (non-hydrogen) atoms. The summed E-state index contributed by atoms with van der Waals surface area (Å²) in [7, 11) is 0. The Morgan fingerprint density at radius 1 is 0.878 bits per heavy atom. The molecule has 1 aliphatic carbocycles. The normalized spacial score (nSPS) is 24.6. The molecule has 0 unspecified atom stereocenters. The number of hydrazone groups is 1. The monoisotopic (exact) mass is 546 g/mol. The van der Waals surface area contributed by atoms with E-state index in [1.165, 1.54) is 5.56 Å². The van der Waals surface area contributed by atoms with Gasteiger partial charge in [0, 0.05) is 5.92 Å². The summed E-state index contributed by atoms with van der Waals surface area (Å²) in [6, 6.07) is 33.9. The quantitative estimate of drug-likeness (QED) is 0.219. The molecule has 0 bridgehead atoms. The number of hydrogen-bond acceptors (Lipinski definition) is 5. The van der Waals surface area contributed by atoms with Crippen LogP contribution in [0.4, 0.5) is 5.69 Å². The van der Waals surface area contributed by atoms with Crippen molar-refractivity contribution in [2.24, 2.45) is 22.9 Å². The molecule has 6 rings (SSSR count). The number of carbonyl (C=O) groups excluding carboxylic acids is 1. The van der Waals surface area contributed by atoms with Crippen LogP contribution in [0.3, 0.4) is 0 Å². The molecule has 3 aromatic carbocycles. The van der Waals surface area contributed by atoms with E-state index in [0.29, 0.717) is 17.4 Å². The first kappa shape index (κ1) is 27.1. The molecule has 0 spiro atoms. The van der Waals surface area contributed by atoms with Crippen LogP contribution in [0, 0.1) is 17.8 Å². The Morgan fingerprint density at radius 2 is 1.54 bits per heavy atom. The number of ether oxygens (including phenoxy) is 1. The van der Waals surface area contributed by atoms with E-state index in [-0.39, 0.29) is 23.4 Å². The van der Waals surface area contributed by atoms with Crippen LogP contribution in [0.1, 0.15) is 63.0 Å². The summed E-state index contributed by atoms with van der Waals surface area (Å²) in [6.45, 7) is 6.85. The number of nitrogens with zero attached hydrogens (tertiary/aromatic N) is 2. The first-order chi connectivity index (χ1) is 19.9. The van der Waals surface area contributed by atoms with E-state index >= 15 is 0 Å². The van der Waals surface area contributed by atoms with Gasteiger partial charge in [0.2, 0.25) is 0 Å². The molecule has 0 N–H and O–H groups in total. The van der Waals surface area contributed by atoms with Gasteiger partial charge >= 0.3 is 5.97 Å². The Morgan fingerprint density at radius 3 is 2.20 bits per heavy atom. The van der Waals surface area contributed by atoms with Crippen molar-refractivity contribution in [1.29, 1.82) is 0 Å². The molecule has 5 heteroatoms. The second kappa shape index (κ2) is 11.4. The van der Waals surface area contributed by atoms with Gasteiger partial charge in [0.15, 0.2) is 0 Å². The number of furan rings is 1. The smallest absolute Gasteiger partial charge is 0.318 e. The van der Waals surface area contributed by atoms with Crippen LogP contribution in [-0.4, -0.2) is 17.8 Å². The molecule has 4 aromatic rings. The molecule has 210 valence electrons. The van der Waals surface area contributed by atoms with Crippen LogP contribution in [0.5, 0.6) is 0 Å². The lowest BCUT2D eigenvalue weighted by Gasteiger charge is -2.44. The van der Waals surface area contributed by atoms with Gasteiger partial charge < -0.3 is 9.15 Å². The molecule has 1 fully saturated rings. The summed E-state index contributed by atoms with van der Waals surface area (Å²) >= 11 is 0. The Kier molecular flexibility index (Phi) is 7.53. The highest BCUT2D eigenvalue weighted by molar-refractivity contribution is 6.14. The fourth-order valence-corrected chi connectivity index (χ4v) is 6.75. The van der Waals surface area contributed by atoms with E-state index in [1.807, 2.05) is 77.8 Å². The van der Waals surface area contributed by atoms with E-state index in [0.717, 1.165) is 30.5 Å². The molecular formula is C36H38N2O3. The van der Waals surface area contributed by atoms with Crippen LogP contribution >= 0.6 is 0 Å². The highest BCUT2D eigenvalue weighted by Gasteiger charge is 2.49. The van der Waals surface area contributed by atoms with Gasteiger partial charge in [0.05, 0.1) is 17.7 Å². The van der Waals surface area contributed by atoms with Crippen LogP contribution in [0.25, 0.3) is 0 Å². The van der Waals surface area contributed by atoms with E-state index < -0.39 is 12.0 Å². The number of hydrogen-bond donors (Lipinski definition) is 0. The Bertz CT molecular complexity index is 1470. The molecule has 5 nitrogen and oxygen atoms in total. The topological polar surface area (TPSA) is 55.0 Å². The SMILES string of the molecule is C[C@@H]1CC[C@@H](C(C)(C)c2ccccc2)[C@H](OC(=O)[C@@H]2C(c3ccccc3)=NN(c3ccccc3)[C@H]2c2ccco2)C1. The highest BCUT2D eigenvalue weighted by Crippen LogP contribution is 2.46. The number of esters is 1. The van der Waals surface area contributed by atoms with Crippen LogP contribution in [0.15, 0.2) is 119 Å². The van der Waals surface area contributed by atoms with E-state index in [4.69, 9.17) is 14.3 Å². The highest BCUT2D eigenvalue weighted by atomic mass is 16.5. The van der Waals surface area contributed by atoms with Crippen LogP contribution < -0.4 is 5.01 Å². The zero-order valence-electron chi connectivity index (χ0n) is 24.0. The fourth-order valence-electron chi connectivity index (χ4n) is 6.75. The summed E-state index contributed by atoms with van der Waals surface area (Å²) in [5.74, 6) is 0.476. The van der Waals surface area contributed by atoms with Crippen molar-refractivity contribution < 1.29 is 13.9 Å². The predicted octanol–water partition coefficient (Wildman–Crippen LogP) is 8.19. The molecular weight excluding hydrogens is 508 g/mol. The molecule has 0 radical (unpaired) electrons. The summed E-state index contributed by atoms with van der Waals surface area (Å²) < 4.78 is 12.6. The van der Waals surface area contributed by atoms with Crippen molar-refractivity contribution in [3.63, 3.8) is 0 Å². The number of carbonyl (C=O) groups is 1. The number of para-hydroxylation sites is 1. The van der Waals surface area contributed by atoms with Crippen molar-refractivity contribution in [3.8, 4) is 0 Å². The minimum absolute atomic E-state index is 0.144. The van der Waals surface area contributed by atoms with Crippen molar-refractivity contribution in [1.82, 2.24) is 0 Å². The first-order valence-corrected chi connectivity index (χ1v) is 14.7. The average molecular weight is 547 g/mol. The predicted molar refractivity (Wildman–Crippen MR) is 163 cm³/mol. The van der Waals surface area contributed by atoms with Crippen molar-refractivity contribution >= 4 is 17.4 Å². The maximum atomic E-state index is 14.5. The largest absolute Gasteiger partial charge is 0.467 e. The van der Waals surface area contributed by atoms with E-state index in [2.05, 4.69) is 51.1 Å². The summed E-state index contributed by atoms with van der Waals surface area (Å²) in [6.07, 6.45) is 4.46. The molecule has 5 atom stereocenters. The first-order valence-electron chi connectivity index (χ1n) is 14.7. The molecule has 0 saturated heterocycles. The second-order valence-corrected chi connectivity index (χ2v) is 12.1. The fraction of sp³-hybridized carbons (Fsp3) is 0.333. The van der Waals surface area contributed by atoms with Gasteiger partial charge in [-0.25, -0.2) is 0 Å². The maximum absolute atomic E-state index is 14.5. The zero-order valence-corrected chi connectivity index (χ0v) is 24.0. The summed E-state index contributed by atoms with van der Waals surface area (Å²) in [4.78, 5) is 14.5. The van der Waals surface area contributed by atoms with Gasteiger partial charge in [-0.3, -0.25) is 9.80 Å². The third kappa shape index (κ3) is 5.33. The Balaban J connectivity index is 1.38. The van der Waals surface area contributed by atoms with Gasteiger partial charge in [-0.05, 0) is 59.6 Å². The zero-order chi connectivity index (χ0) is 28.4. The van der Waals surface area contributed by atoms with Gasteiger partial charge in [-0.1, -0.05) is 106 Å². The van der Waals surface area contributed by atoms with Gasteiger partial charge in [0.1, 0.15) is 23.8 Å². The van der Waals surface area contributed by atoms with E-state index in [9.17, 15) is 4.79 Å². The molecule has 2 heterocycles. The lowest BCUT2D eigenvalue weighted by atomic mass is 9.64. The van der Waals surface area contributed by atoms with Crippen LogP contribution in [0.2, 0.25) is 0 Å². The number of benzene rings is 3. The van der Waals surface area contributed by atoms with Gasteiger partial charge in [-0.15, -0.1) is 0 Å². The molecule has 2 aliphatic rings. The number of anilines is 1. The third-order valence-electron chi connectivity index (χ3n) is 9.03. The summed E-state index contributed by atoms with van der Waals surface area (Å²) in [5, 5.41) is 7.00. The van der Waals surface area contributed by atoms with Gasteiger partial charge in [0.25, 0.3) is 0 Å². The molecule has 1 saturated carbocycles. The molecule has 1 aliphatic heterocycles. The van der Waals surface area contributed by atoms with Crippen molar-refractivity contribution in [3.05, 3.63) is 126 Å². The molecule has 1 aromatic heterocycles. The Labute approximate surface area is 242 Å². The van der Waals surface area contributed by atoms with Gasteiger partial charge in [-0.2, -0.15) is 5.10 Å². The lowest BCUT2D eigenvalue weighted by molar-refractivity contribution is -0.159. The molecule has 0 amide bonds. The maximum Gasteiger partial charge on any atom is 0.318 e. The minimum Gasteiger partial charge on any atom is -0.467 e. The standard InChI is InChI=1S/C36H38N2O3/c1-25-21-22-29(36(2,3)27-16-9-5-10-17-27)31(24-25)41-35(39)32-33(26-14-7-4-8-15-26)37-38(28-18-11-6-12-19-28)34(32)30-20-13-23-40-30/h4-20,23,25,29,31-32,34H,21-22,24H2,1-3H3/t25-,29-,31-,32-,34+/m1/s1. The van der Waals surface area contributed by atoms with Crippen LogP contribution in [-0.2, 0) is 14.9 Å². The van der Waals surface area contributed by atoms with Crippen molar-refractivity contribution in [2.75, 3.05) is 5.01 Å². The number of rotatable bonds is 7. The second-order valence-electron chi connectivity index (χ2n) is 12.1. The Hall–Kier alpha value is -4.12. The summed E-state index contributed by atoms with van der Waals surface area (Å²) in [5.41, 5.74) is 3.63. The average Bonchev–Trinajstić information content (AvgIpc) is 3.67. The minimum atomic E-state index is -0.651. The van der Waals surface area contributed by atoms with Crippen molar-refractivity contribution in [2.45, 2.75) is 57.6 Å².